The number of rotatable bonds is 52. The van der Waals surface area contributed by atoms with Crippen molar-refractivity contribution in [3.63, 3.8) is 0 Å². The first kappa shape index (κ1) is 103. The van der Waals surface area contributed by atoms with Crippen molar-refractivity contribution in [2.75, 3.05) is 6.54 Å². The molecule has 0 bridgehead atoms. The first-order valence-corrected chi connectivity index (χ1v) is 41.6. The lowest BCUT2D eigenvalue weighted by Crippen LogP contribution is -2.61. The molecular weight excluding hydrogens is 1530 g/mol. The summed E-state index contributed by atoms with van der Waals surface area (Å²) in [5, 5.41) is 57.4. The number of benzene rings is 3. The fourth-order valence-electron chi connectivity index (χ4n) is 12.9. The van der Waals surface area contributed by atoms with E-state index in [9.17, 15) is 82.1 Å². The summed E-state index contributed by atoms with van der Waals surface area (Å²) in [5.74, 6) is -13.8. The SMILES string of the molecule is CC(C)C[C@H](NC(=O)[C@H](C)NC(=O)[C@H](CC(C)C)NC(=O)[C@H](Cc1ccccc1)NC(=O)[C@H](CC(C)C)NC(=O)[C@H](Cc1ccccc1)NC(=O)[C@H](CC(C)C)NC(=O)[C@H](CCCCN)NC(=O)[C@H](C)N)C(=O)N[C@@H](CC(C)C)C(=O)N[C@@H](CC(C)C)C(=O)N[C@@H](C)C(=O)N[C@@H](Cc1ccc(O)cc1)C(=O)N[C@H](C(=O)N[C@@H](C)C(=O)O)C(C)C. The summed E-state index contributed by atoms with van der Waals surface area (Å²) in [7, 11) is 0. The second-order valence-corrected chi connectivity index (χ2v) is 34.0. The van der Waals surface area contributed by atoms with E-state index in [2.05, 4.69) is 74.4 Å². The van der Waals surface area contributed by atoms with Gasteiger partial charge in [0.05, 0.1) is 6.04 Å². The van der Waals surface area contributed by atoms with Gasteiger partial charge in [0.1, 0.15) is 90.3 Å². The number of carboxylic acids is 1. The highest BCUT2D eigenvalue weighted by Crippen LogP contribution is 2.19. The Bertz CT molecular complexity index is 3810. The molecule has 662 valence electrons. The number of nitrogens with one attached hydrogen (secondary N) is 14. The van der Waals surface area contributed by atoms with Gasteiger partial charge in [-0.25, -0.2) is 0 Å². The summed E-state index contributed by atoms with van der Waals surface area (Å²) in [6, 6.07) is 4.36. The van der Waals surface area contributed by atoms with Crippen LogP contribution in [0.4, 0.5) is 0 Å². The molecule has 0 unspecified atom stereocenters. The second-order valence-electron chi connectivity index (χ2n) is 34.0. The minimum absolute atomic E-state index is 0.0393. The van der Waals surface area contributed by atoms with Crippen molar-refractivity contribution in [2.24, 2.45) is 52.9 Å². The molecule has 0 radical (unpaired) electrons. The number of hydrogen-bond donors (Lipinski definition) is 18. The molecule has 119 heavy (non-hydrogen) atoms. The molecule has 0 aliphatic heterocycles. The molecule has 0 aliphatic carbocycles. The largest absolute Gasteiger partial charge is 0.508 e. The predicted molar refractivity (Wildman–Crippen MR) is 452 cm³/mol. The lowest BCUT2D eigenvalue weighted by atomic mass is 9.98. The van der Waals surface area contributed by atoms with E-state index in [1.54, 1.807) is 116 Å². The molecule has 33 heteroatoms. The molecule has 0 aliphatic rings. The summed E-state index contributed by atoms with van der Waals surface area (Å²) in [6.07, 6.45) is 1.33. The van der Waals surface area contributed by atoms with E-state index < -0.39 is 185 Å². The smallest absolute Gasteiger partial charge is 0.325 e. The number of aliphatic carboxylic acids is 1. The van der Waals surface area contributed by atoms with Gasteiger partial charge < -0.3 is 96.1 Å². The number of carboxylic acid groups (broad SMARTS) is 1. The Balaban J connectivity index is 1.91. The van der Waals surface area contributed by atoms with Crippen LogP contribution in [0, 0.1) is 41.4 Å². The normalized spacial score (nSPS) is 15.3. The highest BCUT2D eigenvalue weighted by molar-refractivity contribution is 6.00. The fraction of sp³-hybridized carbons (Fsp3) is 0.616. The fourth-order valence-corrected chi connectivity index (χ4v) is 12.9. The Morgan fingerprint density at radius 1 is 0.286 bits per heavy atom. The Hall–Kier alpha value is -10.6. The van der Waals surface area contributed by atoms with Gasteiger partial charge in [-0.2, -0.15) is 0 Å². The summed E-state index contributed by atoms with van der Waals surface area (Å²) in [5.41, 5.74) is 13.3. The average molecular weight is 1670 g/mol. The quantitative estimate of drug-likeness (QED) is 0.0361. The van der Waals surface area contributed by atoms with Crippen molar-refractivity contribution >= 4 is 88.7 Å². The van der Waals surface area contributed by atoms with Crippen molar-refractivity contribution in [1.29, 1.82) is 0 Å². The van der Waals surface area contributed by atoms with Gasteiger partial charge in [0.25, 0.3) is 0 Å². The van der Waals surface area contributed by atoms with Crippen molar-refractivity contribution in [3.8, 4) is 5.75 Å². The van der Waals surface area contributed by atoms with Crippen LogP contribution in [0.3, 0.4) is 0 Å². The molecule has 0 aromatic heterocycles. The summed E-state index contributed by atoms with van der Waals surface area (Å²) >= 11 is 0. The Morgan fingerprint density at radius 2 is 0.538 bits per heavy atom. The van der Waals surface area contributed by atoms with E-state index in [0.717, 1.165) is 0 Å². The summed E-state index contributed by atoms with van der Waals surface area (Å²) in [6.45, 7) is 30.9. The highest BCUT2D eigenvalue weighted by atomic mass is 16.4. The molecule has 3 rings (SSSR count). The third-order valence-corrected chi connectivity index (χ3v) is 19.4. The van der Waals surface area contributed by atoms with Gasteiger partial charge in [0, 0.05) is 19.3 Å². The molecule has 0 heterocycles. The zero-order valence-corrected chi connectivity index (χ0v) is 72.6. The summed E-state index contributed by atoms with van der Waals surface area (Å²) < 4.78 is 0. The first-order chi connectivity index (χ1) is 55.8. The Morgan fingerprint density at radius 3 is 0.832 bits per heavy atom. The molecule has 3 aromatic rings. The number of phenols is 1. The number of hydrogen-bond acceptors (Lipinski definition) is 18. The zero-order valence-electron chi connectivity index (χ0n) is 72.6. The number of amides is 14. The Kier molecular flexibility index (Phi) is 44.6. The van der Waals surface area contributed by atoms with Crippen LogP contribution < -0.4 is 85.9 Å². The monoisotopic (exact) mass is 1670 g/mol. The van der Waals surface area contributed by atoms with Crippen LogP contribution in [0.25, 0.3) is 0 Å². The van der Waals surface area contributed by atoms with Gasteiger partial charge in [-0.15, -0.1) is 0 Å². The van der Waals surface area contributed by atoms with Gasteiger partial charge in [-0.1, -0.05) is 170 Å². The molecule has 0 spiro atoms. The van der Waals surface area contributed by atoms with Gasteiger partial charge in [0.2, 0.25) is 82.7 Å². The van der Waals surface area contributed by atoms with Crippen molar-refractivity contribution in [1.82, 2.24) is 74.4 Å². The molecule has 33 nitrogen and oxygen atoms in total. The van der Waals surface area contributed by atoms with E-state index in [0.29, 0.717) is 36.1 Å². The molecule has 3 aromatic carbocycles. The number of carbonyl (C=O) groups is 15. The van der Waals surface area contributed by atoms with Gasteiger partial charge in [-0.05, 0) is 162 Å². The molecule has 14 amide bonds. The molecule has 0 saturated heterocycles. The molecule has 20 N–H and O–H groups in total. The van der Waals surface area contributed by atoms with E-state index in [-0.39, 0.29) is 105 Å². The summed E-state index contributed by atoms with van der Waals surface area (Å²) in [4.78, 5) is 211. The highest BCUT2D eigenvalue weighted by Gasteiger charge is 2.39. The van der Waals surface area contributed by atoms with Crippen LogP contribution in [-0.4, -0.2) is 196 Å². The third kappa shape index (κ3) is 38.4. The molecule has 0 fully saturated rings. The van der Waals surface area contributed by atoms with Gasteiger partial charge >= 0.3 is 5.97 Å². The van der Waals surface area contributed by atoms with Crippen molar-refractivity contribution < 1.29 is 82.1 Å². The minimum Gasteiger partial charge on any atom is -0.508 e. The lowest BCUT2D eigenvalue weighted by molar-refractivity contribution is -0.142. The number of carbonyl (C=O) groups excluding carboxylic acids is 14. The van der Waals surface area contributed by atoms with Crippen LogP contribution >= 0.6 is 0 Å². The Labute approximate surface area is 701 Å². The van der Waals surface area contributed by atoms with Gasteiger partial charge in [-0.3, -0.25) is 71.9 Å². The van der Waals surface area contributed by atoms with Crippen LogP contribution in [0.15, 0.2) is 84.9 Å². The number of nitrogens with two attached hydrogens (primary N) is 2. The van der Waals surface area contributed by atoms with E-state index >= 15 is 0 Å². The number of aromatic hydroxyl groups is 1. The predicted octanol–water partition coefficient (Wildman–Crippen LogP) is 2.76. The van der Waals surface area contributed by atoms with Crippen LogP contribution in [-0.2, 0) is 91.2 Å². The molecular formula is C86H136N16O17. The number of phenolic OH excluding ortho intramolecular Hbond substituents is 1. The van der Waals surface area contributed by atoms with Crippen LogP contribution in [0.2, 0.25) is 0 Å². The lowest BCUT2D eigenvalue weighted by Gasteiger charge is -2.29. The van der Waals surface area contributed by atoms with Crippen LogP contribution in [0.5, 0.6) is 5.75 Å². The number of unbranched alkanes of at least 4 members (excludes halogenated alkanes) is 1. The minimum atomic E-state index is -1.38. The zero-order chi connectivity index (χ0) is 89.7. The molecule has 0 saturated carbocycles. The standard InChI is InChI=1S/C86H136N16O17/c1-46(2)37-62(76(108)90-55(17)74(106)94-70(45-59-32-34-60(103)35-33-59)84(116)102-71(52(13)14)85(117)91-56(18)86(118)119)96-79(111)66(41-50(9)10)98-78(110)64(39-48(5)6)93-73(105)54(16)89-77(109)63(38-47(3)4)97-82(114)68(43-57-27-21-19-22-28-57)101-81(113)67(42-51(11)12)99-83(115)69(44-58-29-23-20-24-30-58)100-80(112)65(40-49(7)8)95-75(107)61(31-25-26-36-87)92-72(104)53(15)88/h19-24,27-30,32-35,46-56,61-71,103H,25-26,31,36-45,87-88H2,1-18H3,(H,89,109)(H,90,108)(H,91,117)(H,92,104)(H,93,105)(H,94,106)(H,95,107)(H,96,111)(H,97,114)(H,98,110)(H,99,115)(H,100,112)(H,101,113)(H,102,116)(H,118,119)/t53-,54-,55-,56-,61-,62-,63-,64-,65-,66-,67-,68-,69-,70-,71-/m0/s1. The third-order valence-electron chi connectivity index (χ3n) is 19.4. The maximum atomic E-state index is 14.9. The first-order valence-electron chi connectivity index (χ1n) is 41.6. The topological polar surface area (TPSA) is 517 Å². The average Bonchev–Trinajstić information content (AvgIpc) is 0.855. The van der Waals surface area contributed by atoms with Gasteiger partial charge in [0.15, 0.2) is 0 Å². The van der Waals surface area contributed by atoms with Crippen molar-refractivity contribution in [2.45, 2.75) is 292 Å². The second kappa shape index (κ2) is 51.7. The van der Waals surface area contributed by atoms with E-state index in [1.165, 1.54) is 52.0 Å². The molecule has 15 atom stereocenters. The maximum absolute atomic E-state index is 14.9. The van der Waals surface area contributed by atoms with E-state index in [1.807, 2.05) is 41.5 Å². The van der Waals surface area contributed by atoms with Crippen molar-refractivity contribution in [3.05, 3.63) is 102 Å². The van der Waals surface area contributed by atoms with E-state index in [4.69, 9.17) is 11.5 Å². The maximum Gasteiger partial charge on any atom is 0.325 e. The van der Waals surface area contributed by atoms with Crippen LogP contribution in [0.1, 0.15) is 199 Å².